The highest BCUT2D eigenvalue weighted by molar-refractivity contribution is 8.13. The van der Waals surface area contributed by atoms with Gasteiger partial charge in [0.15, 0.2) is 5.17 Å². The van der Waals surface area contributed by atoms with E-state index in [2.05, 4.69) is 36.3 Å². The second-order valence-electron chi connectivity index (χ2n) is 3.44. The molecule has 0 bridgehead atoms. The number of benzene rings is 1. The van der Waals surface area contributed by atoms with E-state index < -0.39 is 0 Å². The summed E-state index contributed by atoms with van der Waals surface area (Å²) in [7, 11) is 1.98. The molecule has 2 rings (SSSR count). The monoisotopic (exact) mass is 222 g/mol. The molecule has 5 heteroatoms. The first-order valence-corrected chi connectivity index (χ1v) is 5.70. The van der Waals surface area contributed by atoms with Crippen LogP contribution in [0.15, 0.2) is 29.4 Å². The molecule has 0 amide bonds. The molecule has 1 aliphatic heterocycles. The van der Waals surface area contributed by atoms with Crippen molar-refractivity contribution in [2.24, 2.45) is 10.8 Å². The number of hydrazine groups is 1. The second kappa shape index (κ2) is 4.02. The maximum absolute atomic E-state index is 5.61. The van der Waals surface area contributed by atoms with Gasteiger partial charge in [-0.15, -0.1) is 5.10 Å². The van der Waals surface area contributed by atoms with E-state index in [1.54, 1.807) is 11.8 Å². The van der Waals surface area contributed by atoms with Gasteiger partial charge in [0, 0.05) is 7.05 Å². The molecule has 1 aromatic rings. The van der Waals surface area contributed by atoms with Gasteiger partial charge in [0.2, 0.25) is 0 Å². The molecule has 0 aliphatic carbocycles. The summed E-state index contributed by atoms with van der Waals surface area (Å²) in [5.74, 6) is 0.774. The van der Waals surface area contributed by atoms with Crippen molar-refractivity contribution >= 4 is 22.6 Å². The van der Waals surface area contributed by atoms with Crippen LogP contribution in [0.4, 0.5) is 5.69 Å². The first-order valence-electron chi connectivity index (χ1n) is 4.71. The van der Waals surface area contributed by atoms with Crippen LogP contribution in [0.5, 0.6) is 0 Å². The Morgan fingerprint density at radius 1 is 1.40 bits per heavy atom. The number of rotatable bonds is 2. The fourth-order valence-electron chi connectivity index (χ4n) is 1.34. The third kappa shape index (κ3) is 2.18. The SMILES string of the molecule is Cc1ccc(N(C)N2CSC(N)=N2)cc1. The van der Waals surface area contributed by atoms with Crippen LogP contribution in [0.3, 0.4) is 0 Å². The zero-order valence-corrected chi connectivity index (χ0v) is 9.66. The predicted octanol–water partition coefficient (Wildman–Crippen LogP) is 1.58. The minimum absolute atomic E-state index is 0.619. The summed E-state index contributed by atoms with van der Waals surface area (Å²) in [4.78, 5) is 0. The van der Waals surface area contributed by atoms with Crippen LogP contribution in [0, 0.1) is 6.92 Å². The summed E-state index contributed by atoms with van der Waals surface area (Å²) in [5, 5.41) is 8.67. The van der Waals surface area contributed by atoms with Gasteiger partial charge in [0.05, 0.1) is 5.69 Å². The van der Waals surface area contributed by atoms with Crippen molar-refractivity contribution in [3.05, 3.63) is 29.8 Å². The molecule has 1 aliphatic rings. The summed E-state index contributed by atoms with van der Waals surface area (Å²) in [5.41, 5.74) is 7.98. The van der Waals surface area contributed by atoms with Gasteiger partial charge >= 0.3 is 0 Å². The van der Waals surface area contributed by atoms with E-state index >= 15 is 0 Å². The van der Waals surface area contributed by atoms with Crippen molar-refractivity contribution in [1.82, 2.24) is 5.12 Å². The molecule has 1 heterocycles. The van der Waals surface area contributed by atoms with Crippen molar-refractivity contribution in [1.29, 1.82) is 0 Å². The van der Waals surface area contributed by atoms with Crippen LogP contribution >= 0.6 is 11.8 Å². The first-order chi connectivity index (χ1) is 7.16. The predicted molar refractivity (Wildman–Crippen MR) is 65.5 cm³/mol. The molecule has 0 saturated carbocycles. The van der Waals surface area contributed by atoms with Crippen LogP contribution in [-0.2, 0) is 0 Å². The number of nitrogens with zero attached hydrogens (tertiary/aromatic N) is 3. The van der Waals surface area contributed by atoms with Gasteiger partial charge in [-0.2, -0.15) is 5.12 Å². The topological polar surface area (TPSA) is 44.9 Å². The normalized spacial score (nSPS) is 15.3. The summed E-state index contributed by atoms with van der Waals surface area (Å²) in [6, 6.07) is 8.32. The molecule has 80 valence electrons. The smallest absolute Gasteiger partial charge is 0.181 e. The Balaban J connectivity index is 2.14. The van der Waals surface area contributed by atoms with Crippen LogP contribution in [0.25, 0.3) is 0 Å². The van der Waals surface area contributed by atoms with Crippen molar-refractivity contribution in [3.8, 4) is 0 Å². The van der Waals surface area contributed by atoms with Gasteiger partial charge in [-0.25, -0.2) is 0 Å². The van der Waals surface area contributed by atoms with E-state index in [0.717, 1.165) is 11.6 Å². The Morgan fingerprint density at radius 2 is 2.07 bits per heavy atom. The van der Waals surface area contributed by atoms with Crippen molar-refractivity contribution in [2.45, 2.75) is 6.92 Å². The van der Waals surface area contributed by atoms with Gasteiger partial charge in [-0.05, 0) is 19.1 Å². The Labute approximate surface area is 93.7 Å². The fraction of sp³-hybridized carbons (Fsp3) is 0.300. The van der Waals surface area contributed by atoms with E-state index in [1.165, 1.54) is 5.56 Å². The third-order valence-corrected chi connectivity index (χ3v) is 3.03. The number of hydrogen-bond donors (Lipinski definition) is 1. The molecular weight excluding hydrogens is 208 g/mol. The summed E-state index contributed by atoms with van der Waals surface area (Å²) < 4.78 is 0. The summed E-state index contributed by atoms with van der Waals surface area (Å²) in [6.07, 6.45) is 0. The largest absolute Gasteiger partial charge is 0.377 e. The lowest BCUT2D eigenvalue weighted by atomic mass is 10.2. The van der Waals surface area contributed by atoms with Crippen LogP contribution < -0.4 is 10.7 Å². The zero-order valence-electron chi connectivity index (χ0n) is 8.84. The van der Waals surface area contributed by atoms with Crippen LogP contribution in [-0.4, -0.2) is 23.2 Å². The Bertz CT molecular complexity index is 374. The van der Waals surface area contributed by atoms with Gasteiger partial charge in [-0.1, -0.05) is 29.5 Å². The molecule has 0 unspecified atom stereocenters. The van der Waals surface area contributed by atoms with Crippen LogP contribution in [0.2, 0.25) is 0 Å². The molecule has 0 spiro atoms. The number of amidine groups is 1. The number of nitrogens with two attached hydrogens (primary N) is 1. The highest BCUT2D eigenvalue weighted by Gasteiger charge is 2.16. The van der Waals surface area contributed by atoms with Gasteiger partial charge < -0.3 is 5.73 Å². The Morgan fingerprint density at radius 3 is 2.60 bits per heavy atom. The van der Waals surface area contributed by atoms with Gasteiger partial charge in [0.25, 0.3) is 0 Å². The van der Waals surface area contributed by atoms with Gasteiger partial charge in [-0.3, -0.25) is 5.01 Å². The minimum Gasteiger partial charge on any atom is -0.377 e. The zero-order chi connectivity index (χ0) is 10.8. The molecule has 2 N–H and O–H groups in total. The maximum Gasteiger partial charge on any atom is 0.181 e. The third-order valence-electron chi connectivity index (χ3n) is 2.30. The maximum atomic E-state index is 5.61. The molecule has 0 aromatic heterocycles. The standard InChI is InChI=1S/C10H14N4S/c1-8-3-5-9(6-4-8)13(2)14-7-15-10(11)12-14/h3-6H,7H2,1-2H3,(H2,11,12). The first kappa shape index (κ1) is 10.2. The van der Waals surface area contributed by atoms with E-state index in [0.29, 0.717) is 5.17 Å². The molecule has 0 radical (unpaired) electrons. The highest BCUT2D eigenvalue weighted by atomic mass is 32.2. The molecule has 0 atom stereocenters. The number of thioether (sulfide) groups is 1. The highest BCUT2D eigenvalue weighted by Crippen LogP contribution is 2.21. The Kier molecular flexibility index (Phi) is 2.73. The average Bonchev–Trinajstić information content (AvgIpc) is 2.65. The van der Waals surface area contributed by atoms with Crippen LogP contribution in [0.1, 0.15) is 5.56 Å². The van der Waals surface area contributed by atoms with E-state index in [1.807, 2.05) is 17.2 Å². The minimum atomic E-state index is 0.619. The van der Waals surface area contributed by atoms with Crippen molar-refractivity contribution < 1.29 is 0 Å². The van der Waals surface area contributed by atoms with Crippen molar-refractivity contribution in [3.63, 3.8) is 0 Å². The second-order valence-corrected chi connectivity index (χ2v) is 4.41. The Hall–Kier alpha value is -1.36. The summed E-state index contributed by atoms with van der Waals surface area (Å²) in [6.45, 7) is 2.08. The van der Waals surface area contributed by atoms with E-state index in [9.17, 15) is 0 Å². The van der Waals surface area contributed by atoms with Crippen molar-refractivity contribution in [2.75, 3.05) is 17.9 Å². The lowest BCUT2D eigenvalue weighted by Crippen LogP contribution is -2.33. The molecule has 15 heavy (non-hydrogen) atoms. The number of anilines is 1. The van der Waals surface area contributed by atoms with Gasteiger partial charge in [0.1, 0.15) is 5.88 Å². The number of hydrogen-bond acceptors (Lipinski definition) is 5. The number of aryl methyl sites for hydroxylation is 1. The molecule has 0 saturated heterocycles. The average molecular weight is 222 g/mol. The summed E-state index contributed by atoms with van der Waals surface area (Å²) >= 11 is 1.54. The van der Waals surface area contributed by atoms with E-state index in [-0.39, 0.29) is 0 Å². The quantitative estimate of drug-likeness (QED) is 0.825. The van der Waals surface area contributed by atoms with E-state index in [4.69, 9.17) is 5.73 Å². The molecular formula is C10H14N4S. The molecule has 4 nitrogen and oxygen atoms in total. The lowest BCUT2D eigenvalue weighted by molar-refractivity contribution is 0.336. The molecule has 1 aromatic carbocycles. The fourth-order valence-corrected chi connectivity index (χ4v) is 1.97. The number of hydrazone groups is 1. The lowest BCUT2D eigenvalue weighted by Gasteiger charge is -2.27. The molecule has 0 fully saturated rings.